The predicted octanol–water partition coefficient (Wildman–Crippen LogP) is 4.54. The van der Waals surface area contributed by atoms with Gasteiger partial charge in [-0.05, 0) is 50.1 Å². The van der Waals surface area contributed by atoms with Crippen molar-refractivity contribution < 1.29 is 19.4 Å². The molecular formula is C24H26NO4-. The number of ether oxygens (including phenoxy) is 2. The van der Waals surface area contributed by atoms with Crippen LogP contribution in [-0.4, -0.2) is 24.2 Å². The Morgan fingerprint density at radius 1 is 1.03 bits per heavy atom. The van der Waals surface area contributed by atoms with E-state index in [1.165, 1.54) is 0 Å². The minimum Gasteiger partial charge on any atom is -0.545 e. The van der Waals surface area contributed by atoms with E-state index in [1.54, 1.807) is 12.1 Å². The van der Waals surface area contributed by atoms with Gasteiger partial charge in [-0.15, -0.1) is 0 Å². The molecule has 3 aromatic rings. The van der Waals surface area contributed by atoms with E-state index in [2.05, 4.69) is 6.92 Å². The summed E-state index contributed by atoms with van der Waals surface area (Å²) in [6.07, 6.45) is 3.24. The van der Waals surface area contributed by atoms with Crippen molar-refractivity contribution in [2.75, 3.05) is 13.2 Å². The number of carbonyl (C=O) groups is 1. The summed E-state index contributed by atoms with van der Waals surface area (Å²) in [6.45, 7) is 7.12. The topological polar surface area (TPSA) is 71.5 Å². The first-order valence-corrected chi connectivity index (χ1v) is 10.1. The highest BCUT2D eigenvalue weighted by atomic mass is 16.5. The van der Waals surface area contributed by atoms with Crippen LogP contribution >= 0.6 is 0 Å². The Kier molecular flexibility index (Phi) is 6.70. The maximum Gasteiger partial charge on any atom is 0.161 e. The van der Waals surface area contributed by atoms with Crippen molar-refractivity contribution in [1.29, 1.82) is 0 Å². The van der Waals surface area contributed by atoms with E-state index in [0.29, 0.717) is 41.3 Å². The number of carbonyl (C=O) groups excluding carboxylic acids is 1. The van der Waals surface area contributed by atoms with Crippen LogP contribution in [0.1, 0.15) is 49.0 Å². The van der Waals surface area contributed by atoms with Crippen LogP contribution < -0.4 is 14.6 Å². The fraction of sp³-hybridized carbons (Fsp3) is 0.333. The van der Waals surface area contributed by atoms with Crippen LogP contribution in [0, 0.1) is 6.92 Å². The zero-order chi connectivity index (χ0) is 20.8. The summed E-state index contributed by atoms with van der Waals surface area (Å²) in [6, 6.07) is 12.6. The molecular weight excluding hydrogens is 366 g/mol. The van der Waals surface area contributed by atoms with Gasteiger partial charge in [0.05, 0.1) is 30.4 Å². The smallest absolute Gasteiger partial charge is 0.161 e. The number of carboxylic acid groups (broad SMARTS) is 1. The lowest BCUT2D eigenvalue weighted by atomic mass is 10.0. The molecule has 5 heteroatoms. The van der Waals surface area contributed by atoms with Crippen molar-refractivity contribution >= 4 is 16.9 Å². The molecule has 0 saturated heterocycles. The largest absolute Gasteiger partial charge is 0.545 e. The Morgan fingerprint density at radius 2 is 1.86 bits per heavy atom. The fourth-order valence-corrected chi connectivity index (χ4v) is 3.30. The third kappa shape index (κ3) is 4.67. The van der Waals surface area contributed by atoms with Crippen LogP contribution in [0.3, 0.4) is 0 Å². The Balaban J connectivity index is 2.03. The summed E-state index contributed by atoms with van der Waals surface area (Å²) < 4.78 is 11.6. The lowest BCUT2D eigenvalue weighted by Crippen LogP contribution is -2.22. The van der Waals surface area contributed by atoms with E-state index >= 15 is 0 Å². The Hall–Kier alpha value is -3.08. The number of unbranched alkanes of at least 4 members (excludes halogenated alkanes) is 2. The maximum atomic E-state index is 11.7. The summed E-state index contributed by atoms with van der Waals surface area (Å²) in [4.78, 5) is 16.4. The van der Waals surface area contributed by atoms with Crippen LogP contribution in [0.15, 0.2) is 42.5 Å². The SMILES string of the molecule is CCCCCOc1ccc(-c2cc(C(=O)[O-])c3cccc(C)c3n2)cc1OCC. The van der Waals surface area contributed by atoms with E-state index in [0.717, 1.165) is 30.4 Å². The van der Waals surface area contributed by atoms with Crippen LogP contribution in [0.25, 0.3) is 22.2 Å². The van der Waals surface area contributed by atoms with E-state index in [1.807, 2.05) is 44.2 Å². The molecule has 1 heterocycles. The van der Waals surface area contributed by atoms with Crippen LogP contribution in [-0.2, 0) is 0 Å². The molecule has 0 amide bonds. The number of fused-ring (bicyclic) bond motifs is 1. The number of pyridine rings is 1. The van der Waals surface area contributed by atoms with Gasteiger partial charge in [-0.25, -0.2) is 4.98 Å². The molecule has 0 atom stereocenters. The van der Waals surface area contributed by atoms with Crippen molar-refractivity contribution in [3.8, 4) is 22.8 Å². The molecule has 0 N–H and O–H groups in total. The first-order chi connectivity index (χ1) is 14.0. The first-order valence-electron chi connectivity index (χ1n) is 10.1. The minimum atomic E-state index is -1.22. The Bertz CT molecular complexity index is 1010. The zero-order valence-electron chi connectivity index (χ0n) is 17.2. The highest BCUT2D eigenvalue weighted by Crippen LogP contribution is 2.34. The second kappa shape index (κ2) is 9.41. The summed E-state index contributed by atoms with van der Waals surface area (Å²) in [7, 11) is 0. The van der Waals surface area contributed by atoms with Crippen molar-refractivity contribution in [2.45, 2.75) is 40.0 Å². The molecule has 29 heavy (non-hydrogen) atoms. The van der Waals surface area contributed by atoms with Crippen molar-refractivity contribution in [1.82, 2.24) is 4.98 Å². The van der Waals surface area contributed by atoms with Gasteiger partial charge in [0, 0.05) is 16.5 Å². The van der Waals surface area contributed by atoms with Gasteiger partial charge >= 0.3 is 0 Å². The Morgan fingerprint density at radius 3 is 2.59 bits per heavy atom. The molecule has 0 aliphatic carbocycles. The summed E-state index contributed by atoms with van der Waals surface area (Å²) in [5, 5.41) is 12.3. The Labute approximate surface area is 171 Å². The number of aromatic nitrogens is 1. The lowest BCUT2D eigenvalue weighted by Gasteiger charge is -2.15. The molecule has 0 bridgehead atoms. The molecule has 0 fully saturated rings. The molecule has 0 aliphatic heterocycles. The molecule has 0 radical (unpaired) electrons. The number of hydrogen-bond donors (Lipinski definition) is 0. The van der Waals surface area contributed by atoms with E-state index in [-0.39, 0.29) is 5.56 Å². The third-order valence-electron chi connectivity index (χ3n) is 4.81. The van der Waals surface area contributed by atoms with Gasteiger partial charge in [0.2, 0.25) is 0 Å². The quantitative estimate of drug-likeness (QED) is 0.500. The third-order valence-corrected chi connectivity index (χ3v) is 4.81. The molecule has 5 nitrogen and oxygen atoms in total. The second-order valence-electron chi connectivity index (χ2n) is 6.96. The molecule has 152 valence electrons. The number of carboxylic acids is 1. The van der Waals surface area contributed by atoms with Crippen molar-refractivity contribution in [3.05, 3.63) is 53.6 Å². The van der Waals surface area contributed by atoms with Crippen molar-refractivity contribution in [2.24, 2.45) is 0 Å². The fourth-order valence-electron chi connectivity index (χ4n) is 3.30. The van der Waals surface area contributed by atoms with Gasteiger partial charge in [0.25, 0.3) is 0 Å². The number of rotatable bonds is 9. The molecule has 0 aliphatic rings. The number of aromatic carboxylic acids is 1. The highest BCUT2D eigenvalue weighted by molar-refractivity contribution is 6.03. The van der Waals surface area contributed by atoms with E-state index in [9.17, 15) is 9.90 Å². The summed E-state index contributed by atoms with van der Waals surface area (Å²) in [5.74, 6) is 0.0946. The minimum absolute atomic E-state index is 0.131. The van der Waals surface area contributed by atoms with Crippen LogP contribution in [0.2, 0.25) is 0 Å². The monoisotopic (exact) mass is 392 g/mol. The van der Waals surface area contributed by atoms with Gasteiger partial charge in [0.1, 0.15) is 0 Å². The zero-order valence-corrected chi connectivity index (χ0v) is 17.2. The molecule has 2 aromatic carbocycles. The molecule has 3 rings (SSSR count). The number of para-hydroxylation sites is 1. The van der Waals surface area contributed by atoms with Crippen molar-refractivity contribution in [3.63, 3.8) is 0 Å². The van der Waals surface area contributed by atoms with E-state index < -0.39 is 5.97 Å². The normalized spacial score (nSPS) is 10.9. The molecule has 0 spiro atoms. The van der Waals surface area contributed by atoms with Crippen LogP contribution in [0.4, 0.5) is 0 Å². The van der Waals surface area contributed by atoms with Gasteiger partial charge in [-0.1, -0.05) is 38.0 Å². The number of nitrogens with zero attached hydrogens (tertiary/aromatic N) is 1. The predicted molar refractivity (Wildman–Crippen MR) is 112 cm³/mol. The molecule has 1 aromatic heterocycles. The van der Waals surface area contributed by atoms with Gasteiger partial charge in [-0.2, -0.15) is 0 Å². The standard InChI is InChI=1S/C24H27NO4/c1-4-6-7-13-29-21-12-11-17(14-22(21)28-5-2)20-15-19(24(26)27)18-10-8-9-16(3)23(18)25-20/h8-12,14-15H,4-7,13H2,1-3H3,(H,26,27)/p-1. The lowest BCUT2D eigenvalue weighted by molar-refractivity contribution is -0.254. The number of aryl methyl sites for hydroxylation is 1. The molecule has 0 unspecified atom stereocenters. The summed E-state index contributed by atoms with van der Waals surface area (Å²) in [5.41, 5.74) is 3.02. The molecule has 0 saturated carbocycles. The highest BCUT2D eigenvalue weighted by Gasteiger charge is 2.13. The van der Waals surface area contributed by atoms with Crippen LogP contribution in [0.5, 0.6) is 11.5 Å². The van der Waals surface area contributed by atoms with Gasteiger partial charge in [-0.3, -0.25) is 0 Å². The average Bonchev–Trinajstić information content (AvgIpc) is 2.72. The average molecular weight is 392 g/mol. The van der Waals surface area contributed by atoms with Gasteiger partial charge in [0.15, 0.2) is 11.5 Å². The number of hydrogen-bond acceptors (Lipinski definition) is 5. The summed E-state index contributed by atoms with van der Waals surface area (Å²) >= 11 is 0. The first kappa shape index (κ1) is 20.6. The van der Waals surface area contributed by atoms with E-state index in [4.69, 9.17) is 14.5 Å². The van der Waals surface area contributed by atoms with Gasteiger partial charge < -0.3 is 19.4 Å². The number of benzene rings is 2. The maximum absolute atomic E-state index is 11.7. The second-order valence-corrected chi connectivity index (χ2v) is 6.96.